The molecule has 3 amide bonds. The van der Waals surface area contributed by atoms with Crippen molar-refractivity contribution in [2.75, 3.05) is 6.61 Å². The lowest BCUT2D eigenvalue weighted by molar-refractivity contribution is -0.116. The molecule has 0 aliphatic rings. The Labute approximate surface area is 99.3 Å². The molecule has 0 saturated carbocycles. The van der Waals surface area contributed by atoms with E-state index >= 15 is 0 Å². The molecule has 0 aromatic heterocycles. The van der Waals surface area contributed by atoms with Crippen LogP contribution < -0.4 is 16.4 Å². The van der Waals surface area contributed by atoms with E-state index in [1.807, 2.05) is 6.92 Å². The van der Waals surface area contributed by atoms with Crippen molar-refractivity contribution in [3.05, 3.63) is 11.3 Å². The van der Waals surface area contributed by atoms with E-state index in [1.165, 1.54) is 6.92 Å². The minimum atomic E-state index is -1.02. The number of allylic oxidation sites excluding steroid dienone is 1. The van der Waals surface area contributed by atoms with Crippen molar-refractivity contribution in [2.24, 2.45) is 5.73 Å². The van der Waals surface area contributed by atoms with Gasteiger partial charge in [-0.05, 0) is 13.3 Å². The Morgan fingerprint density at radius 3 is 2.47 bits per heavy atom. The topological polar surface area (TPSA) is 128 Å². The number of nitrogens with two attached hydrogens (primary N) is 1. The average molecular weight is 240 g/mol. The summed E-state index contributed by atoms with van der Waals surface area (Å²) in [5.74, 6) is -0.863. The van der Waals surface area contributed by atoms with Gasteiger partial charge in [-0.25, -0.2) is 4.79 Å². The van der Waals surface area contributed by atoms with E-state index < -0.39 is 11.9 Å². The van der Waals surface area contributed by atoms with Crippen LogP contribution in [0.4, 0.5) is 4.79 Å². The molecular weight excluding hydrogens is 224 g/mol. The second kappa shape index (κ2) is 7.24. The third-order valence-electron chi connectivity index (χ3n) is 2.08. The summed E-state index contributed by atoms with van der Waals surface area (Å²) in [4.78, 5) is 21.9. The van der Waals surface area contributed by atoms with Gasteiger partial charge in [-0.2, -0.15) is 5.26 Å². The van der Waals surface area contributed by atoms with E-state index in [9.17, 15) is 9.59 Å². The normalized spacial score (nSPS) is 13.1. The van der Waals surface area contributed by atoms with Gasteiger partial charge in [-0.1, -0.05) is 6.92 Å². The second-order valence-corrected chi connectivity index (χ2v) is 3.36. The monoisotopic (exact) mass is 240 g/mol. The molecule has 0 aliphatic carbocycles. The quantitative estimate of drug-likeness (QED) is 0.374. The number of nitrogens with zero attached hydrogens (tertiary/aromatic N) is 1. The van der Waals surface area contributed by atoms with Crippen molar-refractivity contribution < 1.29 is 14.7 Å². The molecule has 0 bridgehead atoms. The molecule has 0 spiro atoms. The number of urea groups is 1. The van der Waals surface area contributed by atoms with Crippen LogP contribution in [-0.2, 0) is 4.79 Å². The highest BCUT2D eigenvalue weighted by atomic mass is 16.3. The number of imide groups is 1. The highest BCUT2D eigenvalue weighted by Crippen LogP contribution is 2.03. The highest BCUT2D eigenvalue weighted by molar-refractivity contribution is 6.06. The van der Waals surface area contributed by atoms with Gasteiger partial charge in [0.25, 0.3) is 5.91 Å². The third kappa shape index (κ3) is 4.99. The largest absolute Gasteiger partial charge is 0.394 e. The Morgan fingerprint density at radius 1 is 1.53 bits per heavy atom. The van der Waals surface area contributed by atoms with Gasteiger partial charge in [0.1, 0.15) is 11.6 Å². The molecule has 0 saturated heterocycles. The number of rotatable bonds is 5. The van der Waals surface area contributed by atoms with Gasteiger partial charge in [0, 0.05) is 11.7 Å². The Balaban J connectivity index is 4.88. The lowest BCUT2D eigenvalue weighted by atomic mass is 10.1. The predicted molar refractivity (Wildman–Crippen MR) is 60.3 cm³/mol. The van der Waals surface area contributed by atoms with Gasteiger partial charge < -0.3 is 16.2 Å². The molecule has 7 nitrogen and oxygen atoms in total. The molecule has 0 fully saturated rings. The van der Waals surface area contributed by atoms with Crippen LogP contribution >= 0.6 is 0 Å². The number of hydrogen-bond acceptors (Lipinski definition) is 5. The number of hydrogen-bond donors (Lipinski definition) is 4. The van der Waals surface area contributed by atoms with Crippen LogP contribution in [0.2, 0.25) is 0 Å². The summed E-state index contributed by atoms with van der Waals surface area (Å²) in [6.45, 7) is 3.23. The van der Waals surface area contributed by atoms with E-state index in [2.05, 4.69) is 5.32 Å². The Hall–Kier alpha value is -2.07. The molecule has 0 unspecified atom stereocenters. The molecule has 0 rings (SSSR count). The molecule has 1 atom stereocenters. The van der Waals surface area contributed by atoms with E-state index in [0.717, 1.165) is 0 Å². The predicted octanol–water partition coefficient (Wildman–Crippen LogP) is -0.661. The molecule has 0 aliphatic heterocycles. The van der Waals surface area contributed by atoms with Crippen LogP contribution in [0.3, 0.4) is 0 Å². The Morgan fingerprint density at radius 2 is 2.12 bits per heavy atom. The first-order valence-corrected chi connectivity index (χ1v) is 5.05. The Kier molecular flexibility index (Phi) is 6.36. The SMILES string of the molecule is CC[C@H](CO)N/C(C)=C(\C#N)C(=O)NC(N)=O. The summed E-state index contributed by atoms with van der Waals surface area (Å²) in [5, 5.41) is 22.4. The zero-order valence-corrected chi connectivity index (χ0v) is 9.78. The summed E-state index contributed by atoms with van der Waals surface area (Å²) >= 11 is 0. The van der Waals surface area contributed by atoms with Gasteiger partial charge >= 0.3 is 6.03 Å². The number of amides is 3. The number of nitrogens with one attached hydrogen (secondary N) is 2. The van der Waals surface area contributed by atoms with E-state index in [1.54, 1.807) is 11.4 Å². The maximum absolute atomic E-state index is 11.4. The minimum absolute atomic E-state index is 0.121. The number of carbonyl (C=O) groups is 2. The zero-order chi connectivity index (χ0) is 13.4. The van der Waals surface area contributed by atoms with Crippen molar-refractivity contribution >= 4 is 11.9 Å². The fourth-order valence-electron chi connectivity index (χ4n) is 1.13. The van der Waals surface area contributed by atoms with Gasteiger partial charge in [0.2, 0.25) is 0 Å². The molecule has 0 aromatic carbocycles. The van der Waals surface area contributed by atoms with E-state index in [0.29, 0.717) is 6.42 Å². The van der Waals surface area contributed by atoms with Crippen molar-refractivity contribution in [3.8, 4) is 6.07 Å². The maximum atomic E-state index is 11.4. The molecular formula is C10H16N4O3. The maximum Gasteiger partial charge on any atom is 0.319 e. The molecule has 0 heterocycles. The summed E-state index contributed by atoms with van der Waals surface area (Å²) in [5.41, 5.74) is 4.82. The van der Waals surface area contributed by atoms with Crippen LogP contribution in [0.25, 0.3) is 0 Å². The summed E-state index contributed by atoms with van der Waals surface area (Å²) in [6.07, 6.45) is 0.629. The van der Waals surface area contributed by atoms with E-state index in [-0.39, 0.29) is 23.9 Å². The average Bonchev–Trinajstić information content (AvgIpc) is 2.25. The number of carbonyl (C=O) groups excluding carboxylic acids is 2. The fourth-order valence-corrected chi connectivity index (χ4v) is 1.13. The van der Waals surface area contributed by atoms with Crippen LogP contribution in [0.5, 0.6) is 0 Å². The summed E-state index contributed by atoms with van der Waals surface area (Å²) in [6, 6.07) is 0.403. The second-order valence-electron chi connectivity index (χ2n) is 3.36. The molecule has 94 valence electrons. The summed E-state index contributed by atoms with van der Waals surface area (Å²) in [7, 11) is 0. The number of nitriles is 1. The number of aliphatic hydroxyl groups is 1. The van der Waals surface area contributed by atoms with E-state index in [4.69, 9.17) is 16.1 Å². The van der Waals surface area contributed by atoms with Gasteiger partial charge in [0.15, 0.2) is 0 Å². The van der Waals surface area contributed by atoms with Crippen molar-refractivity contribution in [3.63, 3.8) is 0 Å². The lowest BCUT2D eigenvalue weighted by Gasteiger charge is -2.16. The third-order valence-corrected chi connectivity index (χ3v) is 2.08. The first kappa shape index (κ1) is 14.9. The lowest BCUT2D eigenvalue weighted by Crippen LogP contribution is -2.38. The Bertz CT molecular complexity index is 366. The van der Waals surface area contributed by atoms with Gasteiger partial charge in [-0.3, -0.25) is 10.1 Å². The summed E-state index contributed by atoms with van der Waals surface area (Å²) < 4.78 is 0. The molecule has 0 radical (unpaired) electrons. The van der Waals surface area contributed by atoms with Crippen molar-refractivity contribution in [2.45, 2.75) is 26.3 Å². The van der Waals surface area contributed by atoms with Crippen molar-refractivity contribution in [1.82, 2.24) is 10.6 Å². The van der Waals surface area contributed by atoms with Crippen molar-refractivity contribution in [1.29, 1.82) is 5.26 Å². The minimum Gasteiger partial charge on any atom is -0.394 e. The van der Waals surface area contributed by atoms with Crippen LogP contribution in [0.1, 0.15) is 20.3 Å². The number of aliphatic hydroxyl groups excluding tert-OH is 1. The van der Waals surface area contributed by atoms with Crippen LogP contribution in [0.15, 0.2) is 11.3 Å². The van der Waals surface area contributed by atoms with Gasteiger partial charge in [-0.15, -0.1) is 0 Å². The molecule has 5 N–H and O–H groups in total. The fraction of sp³-hybridized carbons (Fsp3) is 0.500. The van der Waals surface area contributed by atoms with Gasteiger partial charge in [0.05, 0.1) is 6.61 Å². The molecule has 0 aromatic rings. The smallest absolute Gasteiger partial charge is 0.319 e. The van der Waals surface area contributed by atoms with Crippen LogP contribution in [-0.4, -0.2) is 29.7 Å². The first-order valence-electron chi connectivity index (χ1n) is 5.05. The van der Waals surface area contributed by atoms with Crippen LogP contribution in [0, 0.1) is 11.3 Å². The molecule has 7 heteroatoms. The first-order chi connectivity index (χ1) is 7.96. The molecule has 17 heavy (non-hydrogen) atoms. The highest BCUT2D eigenvalue weighted by Gasteiger charge is 2.15. The standard InChI is InChI=1S/C10H16N4O3/c1-3-7(5-15)13-6(2)8(4-11)9(16)14-10(12)17/h7,13,15H,3,5H2,1-2H3,(H3,12,14,16,17)/b8-6+/t7-/m1/s1. The number of primary amides is 1. The zero-order valence-electron chi connectivity index (χ0n) is 9.78.